The van der Waals surface area contributed by atoms with E-state index in [2.05, 4.69) is 31.2 Å². The average molecular weight is 308 g/mol. The van der Waals surface area contributed by atoms with Crippen LogP contribution in [0.25, 0.3) is 0 Å². The second-order valence-corrected chi connectivity index (χ2v) is 4.39. The molecule has 18 heavy (non-hydrogen) atoms. The minimum absolute atomic E-state index is 0.0681. The maximum atomic E-state index is 10.6. The van der Waals surface area contributed by atoms with E-state index in [-0.39, 0.29) is 5.69 Å². The summed E-state index contributed by atoms with van der Waals surface area (Å²) in [6, 6.07) is 7.82. The topological polar surface area (TPSA) is 75.1 Å². The number of anilines is 1. The number of aromatic carboxylic acids is 1. The van der Waals surface area contributed by atoms with Gasteiger partial charge in [-0.25, -0.2) is 14.8 Å². The van der Waals surface area contributed by atoms with Crippen molar-refractivity contribution in [2.75, 3.05) is 5.32 Å². The van der Waals surface area contributed by atoms with Crippen molar-refractivity contribution in [2.24, 2.45) is 0 Å². The second kappa shape index (κ2) is 5.59. The molecule has 0 aliphatic heterocycles. The standard InChI is InChI=1S/C12H10BrN3O2/c13-9-4-2-1-3-8(9)5-15-11-7-14-10(6-16-11)12(17)18/h1-4,6-7H,5H2,(H,15,16)(H,17,18). The van der Waals surface area contributed by atoms with Gasteiger partial charge in [-0.15, -0.1) is 0 Å². The molecule has 0 bridgehead atoms. The highest BCUT2D eigenvalue weighted by molar-refractivity contribution is 9.10. The Kier molecular flexibility index (Phi) is 3.88. The lowest BCUT2D eigenvalue weighted by Gasteiger charge is -2.06. The minimum Gasteiger partial charge on any atom is -0.476 e. The third kappa shape index (κ3) is 3.04. The highest BCUT2D eigenvalue weighted by Gasteiger charge is 2.05. The van der Waals surface area contributed by atoms with Crippen molar-refractivity contribution in [3.63, 3.8) is 0 Å². The van der Waals surface area contributed by atoms with Gasteiger partial charge in [0, 0.05) is 11.0 Å². The number of benzene rings is 1. The molecule has 5 nitrogen and oxygen atoms in total. The van der Waals surface area contributed by atoms with Gasteiger partial charge in [0.2, 0.25) is 0 Å². The zero-order valence-electron chi connectivity index (χ0n) is 9.30. The van der Waals surface area contributed by atoms with E-state index in [1.165, 1.54) is 12.4 Å². The van der Waals surface area contributed by atoms with Crippen molar-refractivity contribution in [3.8, 4) is 0 Å². The van der Waals surface area contributed by atoms with Gasteiger partial charge >= 0.3 is 5.97 Å². The summed E-state index contributed by atoms with van der Waals surface area (Å²) in [5, 5.41) is 11.8. The van der Waals surface area contributed by atoms with Gasteiger partial charge in [-0.3, -0.25) is 0 Å². The molecule has 1 aromatic heterocycles. The summed E-state index contributed by atoms with van der Waals surface area (Å²) in [5.74, 6) is -0.546. The van der Waals surface area contributed by atoms with Crippen LogP contribution >= 0.6 is 15.9 Å². The number of carbonyl (C=O) groups is 1. The molecule has 6 heteroatoms. The van der Waals surface area contributed by atoms with Crippen molar-refractivity contribution < 1.29 is 9.90 Å². The van der Waals surface area contributed by atoms with Crippen molar-refractivity contribution in [1.82, 2.24) is 9.97 Å². The van der Waals surface area contributed by atoms with Crippen LogP contribution in [0.1, 0.15) is 16.1 Å². The smallest absolute Gasteiger partial charge is 0.356 e. The van der Waals surface area contributed by atoms with E-state index in [0.29, 0.717) is 12.4 Å². The second-order valence-electron chi connectivity index (χ2n) is 3.54. The number of halogens is 1. The zero-order chi connectivity index (χ0) is 13.0. The number of rotatable bonds is 4. The Morgan fingerprint density at radius 1 is 1.28 bits per heavy atom. The first-order chi connectivity index (χ1) is 8.66. The van der Waals surface area contributed by atoms with E-state index in [1.54, 1.807) is 0 Å². The molecule has 1 heterocycles. The quantitative estimate of drug-likeness (QED) is 0.908. The van der Waals surface area contributed by atoms with Gasteiger partial charge in [-0.05, 0) is 11.6 Å². The number of nitrogens with zero attached hydrogens (tertiary/aromatic N) is 2. The summed E-state index contributed by atoms with van der Waals surface area (Å²) < 4.78 is 1.01. The van der Waals surface area contributed by atoms with Crippen molar-refractivity contribution >= 4 is 27.7 Å². The van der Waals surface area contributed by atoms with Gasteiger partial charge in [0.1, 0.15) is 5.82 Å². The highest BCUT2D eigenvalue weighted by Crippen LogP contribution is 2.16. The number of carboxylic acids is 1. The third-order valence-electron chi connectivity index (χ3n) is 2.29. The van der Waals surface area contributed by atoms with Crippen LogP contribution in [0.15, 0.2) is 41.1 Å². The molecule has 0 atom stereocenters. The van der Waals surface area contributed by atoms with Crippen LogP contribution in [0.2, 0.25) is 0 Å². The monoisotopic (exact) mass is 307 g/mol. The first kappa shape index (κ1) is 12.5. The van der Waals surface area contributed by atoms with Gasteiger partial charge in [0.25, 0.3) is 0 Å². The first-order valence-electron chi connectivity index (χ1n) is 5.19. The van der Waals surface area contributed by atoms with Gasteiger partial charge in [-0.2, -0.15) is 0 Å². The molecule has 0 unspecified atom stereocenters. The predicted molar refractivity (Wildman–Crippen MR) is 70.5 cm³/mol. The predicted octanol–water partition coefficient (Wildman–Crippen LogP) is 2.55. The molecule has 0 saturated heterocycles. The molecule has 0 fully saturated rings. The Morgan fingerprint density at radius 2 is 2.06 bits per heavy atom. The van der Waals surface area contributed by atoms with E-state index in [1.807, 2.05) is 24.3 Å². The van der Waals surface area contributed by atoms with E-state index < -0.39 is 5.97 Å². The van der Waals surface area contributed by atoms with Crippen LogP contribution in [0.5, 0.6) is 0 Å². The average Bonchev–Trinajstić information content (AvgIpc) is 2.38. The Labute approximate surface area is 112 Å². The Hall–Kier alpha value is -1.95. The molecular formula is C12H10BrN3O2. The fraction of sp³-hybridized carbons (Fsp3) is 0.0833. The lowest BCUT2D eigenvalue weighted by Crippen LogP contribution is -2.05. The summed E-state index contributed by atoms with van der Waals surface area (Å²) in [5.41, 5.74) is 1.02. The first-order valence-corrected chi connectivity index (χ1v) is 5.99. The highest BCUT2D eigenvalue weighted by atomic mass is 79.9. The number of hydrogen-bond donors (Lipinski definition) is 2. The van der Waals surface area contributed by atoms with Crippen molar-refractivity contribution in [3.05, 3.63) is 52.4 Å². The third-order valence-corrected chi connectivity index (χ3v) is 3.06. The molecule has 0 saturated carbocycles. The van der Waals surface area contributed by atoms with Crippen LogP contribution in [0.3, 0.4) is 0 Å². The fourth-order valence-electron chi connectivity index (χ4n) is 1.36. The lowest BCUT2D eigenvalue weighted by molar-refractivity contribution is 0.0690. The molecule has 0 radical (unpaired) electrons. The van der Waals surface area contributed by atoms with Crippen molar-refractivity contribution in [1.29, 1.82) is 0 Å². The van der Waals surface area contributed by atoms with Crippen LogP contribution in [0, 0.1) is 0 Å². The molecule has 0 aliphatic carbocycles. The van der Waals surface area contributed by atoms with Crippen LogP contribution in [0.4, 0.5) is 5.82 Å². The zero-order valence-corrected chi connectivity index (χ0v) is 10.9. The molecule has 1 aromatic carbocycles. The van der Waals surface area contributed by atoms with Crippen LogP contribution in [-0.4, -0.2) is 21.0 Å². The number of carboxylic acid groups (broad SMARTS) is 1. The molecule has 0 aliphatic rings. The maximum Gasteiger partial charge on any atom is 0.356 e. The summed E-state index contributed by atoms with van der Waals surface area (Å²) >= 11 is 3.45. The van der Waals surface area contributed by atoms with E-state index in [0.717, 1.165) is 10.0 Å². The molecule has 2 aromatic rings. The Bertz CT molecular complexity index is 558. The summed E-state index contributed by atoms with van der Waals surface area (Å²) in [4.78, 5) is 18.4. The van der Waals surface area contributed by atoms with Gasteiger partial charge < -0.3 is 10.4 Å². The van der Waals surface area contributed by atoms with Gasteiger partial charge in [-0.1, -0.05) is 34.1 Å². The van der Waals surface area contributed by atoms with E-state index >= 15 is 0 Å². The largest absolute Gasteiger partial charge is 0.476 e. The van der Waals surface area contributed by atoms with E-state index in [9.17, 15) is 4.79 Å². The molecule has 2 N–H and O–H groups in total. The summed E-state index contributed by atoms with van der Waals surface area (Å²) in [6.45, 7) is 0.586. The van der Waals surface area contributed by atoms with Gasteiger partial charge in [0.15, 0.2) is 5.69 Å². The normalized spacial score (nSPS) is 10.1. The molecule has 92 valence electrons. The van der Waals surface area contributed by atoms with Gasteiger partial charge in [0.05, 0.1) is 12.4 Å². The number of aromatic nitrogens is 2. The minimum atomic E-state index is -1.08. The maximum absolute atomic E-state index is 10.6. The van der Waals surface area contributed by atoms with E-state index in [4.69, 9.17) is 5.11 Å². The molecule has 2 rings (SSSR count). The SMILES string of the molecule is O=C(O)c1cnc(NCc2ccccc2Br)cn1. The Morgan fingerprint density at radius 3 is 2.67 bits per heavy atom. The van der Waals surface area contributed by atoms with Crippen LogP contribution < -0.4 is 5.32 Å². The van der Waals surface area contributed by atoms with Crippen LogP contribution in [-0.2, 0) is 6.54 Å². The fourth-order valence-corrected chi connectivity index (χ4v) is 1.78. The molecule has 0 amide bonds. The lowest BCUT2D eigenvalue weighted by atomic mass is 10.2. The molecular weight excluding hydrogens is 298 g/mol. The number of hydrogen-bond acceptors (Lipinski definition) is 4. The summed E-state index contributed by atoms with van der Waals surface area (Å²) in [6.07, 6.45) is 2.63. The summed E-state index contributed by atoms with van der Waals surface area (Å²) in [7, 11) is 0. The Balaban J connectivity index is 2.02. The molecule has 0 spiro atoms. The number of nitrogens with one attached hydrogen (secondary N) is 1. The van der Waals surface area contributed by atoms with Crippen molar-refractivity contribution in [2.45, 2.75) is 6.54 Å².